The number of anilines is 2. The zero-order valence-corrected chi connectivity index (χ0v) is 28.5. The highest BCUT2D eigenvalue weighted by atomic mass is 127. The molecule has 0 aliphatic heterocycles. The number of thioether (sulfide) groups is 1. The molecule has 0 spiro atoms. The molecular formula is C38H32IN3O4S. The van der Waals surface area contributed by atoms with Crippen LogP contribution in [-0.2, 0) is 16.2 Å². The minimum atomic E-state index is -0.495. The van der Waals surface area contributed by atoms with Crippen molar-refractivity contribution < 1.29 is 19.1 Å². The molecule has 0 aliphatic carbocycles. The Balaban J connectivity index is 1.28. The molecule has 0 aromatic heterocycles. The number of ether oxygens (including phenoxy) is 1. The molecule has 9 heteroatoms. The van der Waals surface area contributed by atoms with E-state index in [0.29, 0.717) is 29.2 Å². The highest BCUT2D eigenvalue weighted by Crippen LogP contribution is 2.27. The molecule has 0 saturated carbocycles. The van der Waals surface area contributed by atoms with E-state index < -0.39 is 11.8 Å². The first-order valence-electron chi connectivity index (χ1n) is 14.8. The molecule has 236 valence electrons. The lowest BCUT2D eigenvalue weighted by Crippen LogP contribution is -2.30. The first-order chi connectivity index (χ1) is 22.8. The van der Waals surface area contributed by atoms with E-state index in [1.165, 1.54) is 11.8 Å². The second kappa shape index (κ2) is 16.6. The van der Waals surface area contributed by atoms with Crippen molar-refractivity contribution in [2.45, 2.75) is 23.7 Å². The van der Waals surface area contributed by atoms with E-state index in [9.17, 15) is 14.4 Å². The van der Waals surface area contributed by atoms with Gasteiger partial charge in [0.2, 0.25) is 5.91 Å². The van der Waals surface area contributed by atoms with Gasteiger partial charge in [-0.25, -0.2) is 0 Å². The number of hydrogen-bond acceptors (Lipinski definition) is 5. The average Bonchev–Trinajstić information content (AvgIpc) is 3.09. The summed E-state index contributed by atoms with van der Waals surface area (Å²) in [5.41, 5.74) is 3.51. The summed E-state index contributed by atoms with van der Waals surface area (Å²) in [7, 11) is 0. The number of amides is 3. The van der Waals surface area contributed by atoms with Crippen molar-refractivity contribution in [3.05, 3.63) is 159 Å². The number of nitrogens with one attached hydrogen (secondary N) is 3. The third kappa shape index (κ3) is 10.3. The Labute approximate surface area is 292 Å². The largest absolute Gasteiger partial charge is 0.489 e. The lowest BCUT2D eigenvalue weighted by atomic mass is 10.1. The number of hydrogen-bond donors (Lipinski definition) is 3. The monoisotopic (exact) mass is 753 g/mol. The van der Waals surface area contributed by atoms with Crippen LogP contribution in [0.4, 0.5) is 11.4 Å². The number of benzene rings is 5. The van der Waals surface area contributed by atoms with Crippen LogP contribution in [0.5, 0.6) is 5.75 Å². The summed E-state index contributed by atoms with van der Waals surface area (Å²) in [6.07, 6.45) is 1.62. The molecule has 0 heterocycles. The number of carbonyl (C=O) groups is 3. The predicted octanol–water partition coefficient (Wildman–Crippen LogP) is 8.40. The van der Waals surface area contributed by atoms with Gasteiger partial charge in [-0.3, -0.25) is 14.4 Å². The molecule has 0 fully saturated rings. The Morgan fingerprint density at radius 3 is 2.15 bits per heavy atom. The second-order valence-electron chi connectivity index (χ2n) is 10.5. The van der Waals surface area contributed by atoms with Crippen molar-refractivity contribution >= 4 is 69.5 Å². The predicted molar refractivity (Wildman–Crippen MR) is 197 cm³/mol. The van der Waals surface area contributed by atoms with Gasteiger partial charge in [-0.15, -0.1) is 11.8 Å². The Bertz CT molecular complexity index is 1850. The zero-order valence-electron chi connectivity index (χ0n) is 25.5. The van der Waals surface area contributed by atoms with Crippen molar-refractivity contribution in [2.75, 3.05) is 10.6 Å². The van der Waals surface area contributed by atoms with Crippen LogP contribution in [-0.4, -0.2) is 23.0 Å². The fourth-order valence-electron chi connectivity index (χ4n) is 4.39. The Kier molecular flexibility index (Phi) is 11.8. The van der Waals surface area contributed by atoms with E-state index in [4.69, 9.17) is 4.74 Å². The average molecular weight is 754 g/mol. The molecule has 0 aliphatic rings. The molecular weight excluding hydrogens is 721 g/mol. The molecule has 7 nitrogen and oxygen atoms in total. The molecule has 5 aromatic carbocycles. The summed E-state index contributed by atoms with van der Waals surface area (Å²) in [4.78, 5) is 40.3. The Morgan fingerprint density at radius 2 is 1.45 bits per heavy atom. The van der Waals surface area contributed by atoms with E-state index >= 15 is 0 Å². The SMILES string of the molecule is CC(Sc1cccc(NC(=O)/C(=C/c2ccc(OCc3ccccc3)cc2)NC(=O)c2ccccc2)c1)C(=O)Nc1ccc(I)cc1. The quantitative estimate of drug-likeness (QED) is 0.0676. The molecule has 0 bridgehead atoms. The lowest BCUT2D eigenvalue weighted by molar-refractivity contribution is -0.115. The number of halogens is 1. The van der Waals surface area contributed by atoms with Crippen LogP contribution in [0, 0.1) is 3.57 Å². The Morgan fingerprint density at radius 1 is 0.766 bits per heavy atom. The van der Waals surface area contributed by atoms with E-state index in [2.05, 4.69) is 38.5 Å². The minimum absolute atomic E-state index is 0.0696. The van der Waals surface area contributed by atoms with Crippen LogP contribution in [0.1, 0.15) is 28.4 Å². The van der Waals surface area contributed by atoms with E-state index in [-0.39, 0.29) is 16.9 Å². The van der Waals surface area contributed by atoms with Crippen LogP contribution in [0.3, 0.4) is 0 Å². The van der Waals surface area contributed by atoms with Gasteiger partial charge in [-0.1, -0.05) is 66.7 Å². The third-order valence-corrected chi connectivity index (χ3v) is 8.67. The van der Waals surface area contributed by atoms with Gasteiger partial charge >= 0.3 is 0 Å². The summed E-state index contributed by atoms with van der Waals surface area (Å²) in [6, 6.07) is 40.7. The topological polar surface area (TPSA) is 96.5 Å². The molecule has 0 radical (unpaired) electrons. The highest BCUT2D eigenvalue weighted by Gasteiger charge is 2.17. The van der Waals surface area contributed by atoms with Crippen molar-refractivity contribution in [1.82, 2.24) is 5.32 Å². The maximum atomic E-state index is 13.6. The van der Waals surface area contributed by atoms with Gasteiger partial charge in [0, 0.05) is 25.4 Å². The lowest BCUT2D eigenvalue weighted by Gasteiger charge is -2.14. The maximum absolute atomic E-state index is 13.6. The molecule has 3 N–H and O–H groups in total. The summed E-state index contributed by atoms with van der Waals surface area (Å²) < 4.78 is 6.98. The van der Waals surface area contributed by atoms with Gasteiger partial charge in [0.25, 0.3) is 11.8 Å². The van der Waals surface area contributed by atoms with Crippen molar-refractivity contribution in [3.8, 4) is 5.75 Å². The van der Waals surface area contributed by atoms with Gasteiger partial charge in [0.15, 0.2) is 0 Å². The first-order valence-corrected chi connectivity index (χ1v) is 16.8. The number of carbonyl (C=O) groups excluding carboxylic acids is 3. The van der Waals surface area contributed by atoms with Gasteiger partial charge < -0.3 is 20.7 Å². The van der Waals surface area contributed by atoms with Crippen LogP contribution in [0.25, 0.3) is 6.08 Å². The fourth-order valence-corrected chi connectivity index (χ4v) is 5.68. The standard InChI is InChI=1S/C38H32IN3O4S/c1-26(36(43)40-31-19-17-30(39)18-20-31)47-34-14-8-13-32(24-34)41-38(45)35(42-37(44)29-11-6-3-7-12-29)23-27-15-21-33(22-16-27)46-25-28-9-4-2-5-10-28/h2-24,26H,25H2,1H3,(H,40,43)(H,41,45)(H,42,44)/b35-23-. The fraction of sp³-hybridized carbons (Fsp3) is 0.0789. The minimum Gasteiger partial charge on any atom is -0.489 e. The van der Waals surface area contributed by atoms with Crippen LogP contribution >= 0.6 is 34.4 Å². The highest BCUT2D eigenvalue weighted by molar-refractivity contribution is 14.1. The molecule has 3 amide bonds. The van der Waals surface area contributed by atoms with E-state index in [1.54, 1.807) is 42.5 Å². The van der Waals surface area contributed by atoms with Gasteiger partial charge in [0.1, 0.15) is 18.1 Å². The molecule has 0 saturated heterocycles. The third-order valence-electron chi connectivity index (χ3n) is 6.85. The van der Waals surface area contributed by atoms with Crippen molar-refractivity contribution in [3.63, 3.8) is 0 Å². The second-order valence-corrected chi connectivity index (χ2v) is 13.1. The zero-order chi connectivity index (χ0) is 33.0. The smallest absolute Gasteiger partial charge is 0.272 e. The summed E-state index contributed by atoms with van der Waals surface area (Å²) >= 11 is 3.59. The molecule has 5 rings (SSSR count). The summed E-state index contributed by atoms with van der Waals surface area (Å²) in [5.74, 6) is -0.352. The summed E-state index contributed by atoms with van der Waals surface area (Å²) in [5, 5.41) is 8.21. The van der Waals surface area contributed by atoms with E-state index in [0.717, 1.165) is 19.7 Å². The number of rotatable bonds is 12. The normalized spacial score (nSPS) is 11.7. The molecule has 47 heavy (non-hydrogen) atoms. The van der Waals surface area contributed by atoms with Crippen LogP contribution in [0.2, 0.25) is 0 Å². The van der Waals surface area contributed by atoms with Gasteiger partial charge in [-0.05, 0) is 113 Å². The van der Waals surface area contributed by atoms with Crippen molar-refractivity contribution in [1.29, 1.82) is 0 Å². The Hall–Kier alpha value is -4.87. The molecule has 1 unspecified atom stereocenters. The summed E-state index contributed by atoms with van der Waals surface area (Å²) in [6.45, 7) is 2.26. The van der Waals surface area contributed by atoms with Crippen molar-refractivity contribution in [2.24, 2.45) is 0 Å². The van der Waals surface area contributed by atoms with Gasteiger partial charge in [0.05, 0.1) is 5.25 Å². The molecule has 1 atom stereocenters. The van der Waals surface area contributed by atoms with Crippen LogP contribution < -0.4 is 20.7 Å². The maximum Gasteiger partial charge on any atom is 0.272 e. The van der Waals surface area contributed by atoms with Gasteiger partial charge in [-0.2, -0.15) is 0 Å². The molecule has 5 aromatic rings. The van der Waals surface area contributed by atoms with Crippen LogP contribution in [0.15, 0.2) is 144 Å². The first kappa shape index (κ1) is 33.5. The van der Waals surface area contributed by atoms with E-state index in [1.807, 2.05) is 104 Å².